The molecule has 4 nitrogen and oxygen atoms in total. The highest BCUT2D eigenvalue weighted by molar-refractivity contribution is 5.79. The van der Waals surface area contributed by atoms with Crippen LogP contribution in [0.15, 0.2) is 59.6 Å². The molecule has 0 bridgehead atoms. The van der Waals surface area contributed by atoms with E-state index in [0.717, 1.165) is 31.2 Å². The zero-order valence-corrected chi connectivity index (χ0v) is 14.8. The van der Waals surface area contributed by atoms with E-state index in [1.807, 2.05) is 24.3 Å². The second-order valence-electron chi connectivity index (χ2n) is 5.76. The van der Waals surface area contributed by atoms with Crippen molar-refractivity contribution in [2.45, 2.75) is 19.3 Å². The van der Waals surface area contributed by atoms with Crippen LogP contribution >= 0.6 is 0 Å². The molecule has 128 valence electrons. The van der Waals surface area contributed by atoms with E-state index < -0.39 is 0 Å². The molecule has 0 saturated carbocycles. The molecule has 2 N–H and O–H groups in total. The topological polar surface area (TPSA) is 45.7 Å². The van der Waals surface area contributed by atoms with Crippen LogP contribution in [0, 0.1) is 0 Å². The van der Waals surface area contributed by atoms with E-state index in [9.17, 15) is 0 Å². The minimum atomic E-state index is 0.328. The summed E-state index contributed by atoms with van der Waals surface area (Å²) < 4.78 is 5.44. The molecule has 0 amide bonds. The van der Waals surface area contributed by atoms with Gasteiger partial charge in [-0.15, -0.1) is 0 Å². The van der Waals surface area contributed by atoms with Crippen LogP contribution in [0.4, 0.5) is 0 Å². The van der Waals surface area contributed by atoms with Gasteiger partial charge in [0.05, 0.1) is 7.11 Å². The number of nitrogens with one attached hydrogen (secondary N) is 2. The molecule has 2 aromatic rings. The number of guanidine groups is 1. The van der Waals surface area contributed by atoms with E-state index in [0.29, 0.717) is 5.92 Å². The minimum Gasteiger partial charge on any atom is -0.496 e. The van der Waals surface area contributed by atoms with Crippen molar-refractivity contribution < 1.29 is 4.74 Å². The molecular weight excluding hydrogens is 298 g/mol. The third-order valence-corrected chi connectivity index (χ3v) is 4.02. The zero-order chi connectivity index (χ0) is 17.2. The lowest BCUT2D eigenvalue weighted by atomic mass is 10.0. The molecule has 0 radical (unpaired) electrons. The Kier molecular flexibility index (Phi) is 7.15. The van der Waals surface area contributed by atoms with Crippen molar-refractivity contribution in [2.24, 2.45) is 4.99 Å². The van der Waals surface area contributed by atoms with E-state index in [1.54, 1.807) is 14.2 Å². The van der Waals surface area contributed by atoms with E-state index >= 15 is 0 Å². The van der Waals surface area contributed by atoms with Crippen molar-refractivity contribution in [3.05, 3.63) is 65.7 Å². The zero-order valence-electron chi connectivity index (χ0n) is 14.8. The summed E-state index contributed by atoms with van der Waals surface area (Å²) in [5.74, 6) is 2.08. The molecule has 0 aliphatic carbocycles. The second-order valence-corrected chi connectivity index (χ2v) is 5.76. The van der Waals surface area contributed by atoms with Crippen molar-refractivity contribution in [3.63, 3.8) is 0 Å². The van der Waals surface area contributed by atoms with Crippen LogP contribution in [0.5, 0.6) is 5.75 Å². The van der Waals surface area contributed by atoms with Gasteiger partial charge in [-0.1, -0.05) is 55.5 Å². The van der Waals surface area contributed by atoms with Crippen molar-refractivity contribution in [3.8, 4) is 5.75 Å². The number of benzene rings is 2. The highest BCUT2D eigenvalue weighted by atomic mass is 16.5. The number of hydrogen-bond donors (Lipinski definition) is 2. The first-order valence-electron chi connectivity index (χ1n) is 8.36. The molecule has 0 aliphatic rings. The predicted octanol–water partition coefficient (Wildman–Crippen LogP) is 3.21. The van der Waals surface area contributed by atoms with Gasteiger partial charge in [-0.2, -0.15) is 0 Å². The van der Waals surface area contributed by atoms with Crippen LogP contribution in [0.2, 0.25) is 0 Å². The Morgan fingerprint density at radius 1 is 1.04 bits per heavy atom. The Hall–Kier alpha value is -2.49. The number of aliphatic imine (C=N–C) groups is 1. The van der Waals surface area contributed by atoms with E-state index in [4.69, 9.17) is 4.74 Å². The maximum absolute atomic E-state index is 5.44. The third-order valence-electron chi connectivity index (χ3n) is 4.02. The summed E-state index contributed by atoms with van der Waals surface area (Å²) in [6.07, 6.45) is 0.976. The molecule has 2 aromatic carbocycles. The van der Waals surface area contributed by atoms with Gasteiger partial charge in [0.15, 0.2) is 5.96 Å². The maximum Gasteiger partial charge on any atom is 0.191 e. The Labute approximate surface area is 145 Å². The van der Waals surface area contributed by atoms with Crippen LogP contribution in [-0.4, -0.2) is 33.2 Å². The van der Waals surface area contributed by atoms with Crippen LogP contribution < -0.4 is 15.4 Å². The summed E-state index contributed by atoms with van der Waals surface area (Å²) in [5.41, 5.74) is 2.52. The fraction of sp³-hybridized carbons (Fsp3) is 0.350. The third kappa shape index (κ3) is 5.30. The number of para-hydroxylation sites is 1. The van der Waals surface area contributed by atoms with E-state index in [-0.39, 0.29) is 0 Å². The smallest absolute Gasteiger partial charge is 0.191 e. The normalized spacial score (nSPS) is 12.5. The van der Waals surface area contributed by atoms with Crippen molar-refractivity contribution in [2.75, 3.05) is 27.2 Å². The fourth-order valence-corrected chi connectivity index (χ4v) is 2.62. The summed E-state index contributed by atoms with van der Waals surface area (Å²) in [5, 5.41) is 6.75. The Bertz CT molecular complexity index is 640. The summed E-state index contributed by atoms with van der Waals surface area (Å²) in [4.78, 5) is 4.29. The van der Waals surface area contributed by atoms with Gasteiger partial charge < -0.3 is 15.4 Å². The van der Waals surface area contributed by atoms with Crippen LogP contribution in [0.1, 0.15) is 24.0 Å². The molecule has 0 aromatic heterocycles. The summed E-state index contributed by atoms with van der Waals surface area (Å²) in [7, 11) is 3.51. The Morgan fingerprint density at radius 2 is 1.75 bits per heavy atom. The number of hydrogen-bond acceptors (Lipinski definition) is 2. The van der Waals surface area contributed by atoms with Crippen LogP contribution in [0.3, 0.4) is 0 Å². The number of rotatable bonds is 7. The largest absolute Gasteiger partial charge is 0.496 e. The standard InChI is InChI=1S/C20H27N3O/c1-16(18-11-7-8-12-19(18)24-3)15-23-20(21-2)22-14-13-17-9-5-4-6-10-17/h4-12,16H,13-15H2,1-3H3,(H2,21,22,23). The number of ether oxygens (including phenoxy) is 1. The summed E-state index contributed by atoms with van der Waals surface area (Å²) in [6, 6.07) is 18.6. The molecule has 0 aliphatic heterocycles. The van der Waals surface area contributed by atoms with Gasteiger partial charge in [0.25, 0.3) is 0 Å². The van der Waals surface area contributed by atoms with Crippen LogP contribution in [0.25, 0.3) is 0 Å². The summed E-state index contributed by atoms with van der Waals surface area (Å²) >= 11 is 0. The van der Waals surface area contributed by atoms with Crippen molar-refractivity contribution in [1.29, 1.82) is 0 Å². The quantitative estimate of drug-likeness (QED) is 0.607. The number of methoxy groups -OCH3 is 1. The Balaban J connectivity index is 1.80. The Morgan fingerprint density at radius 3 is 2.46 bits per heavy atom. The lowest BCUT2D eigenvalue weighted by molar-refractivity contribution is 0.406. The van der Waals surface area contributed by atoms with Crippen LogP contribution in [-0.2, 0) is 6.42 Å². The van der Waals surface area contributed by atoms with Gasteiger partial charge in [-0.25, -0.2) is 0 Å². The highest BCUT2D eigenvalue weighted by Crippen LogP contribution is 2.25. The molecule has 0 fully saturated rings. The molecule has 2 rings (SSSR count). The number of nitrogens with zero attached hydrogens (tertiary/aromatic N) is 1. The minimum absolute atomic E-state index is 0.328. The SMILES string of the molecule is CN=C(NCCc1ccccc1)NCC(C)c1ccccc1OC. The highest BCUT2D eigenvalue weighted by Gasteiger charge is 2.11. The first kappa shape index (κ1) is 17.9. The molecular formula is C20H27N3O. The predicted molar refractivity (Wildman–Crippen MR) is 101 cm³/mol. The second kappa shape index (κ2) is 9.60. The molecule has 0 saturated heterocycles. The van der Waals surface area contributed by atoms with Crippen molar-refractivity contribution >= 4 is 5.96 Å². The molecule has 1 unspecified atom stereocenters. The maximum atomic E-state index is 5.44. The average molecular weight is 325 g/mol. The van der Waals surface area contributed by atoms with Gasteiger partial charge >= 0.3 is 0 Å². The average Bonchev–Trinajstić information content (AvgIpc) is 2.65. The van der Waals surface area contributed by atoms with Gasteiger partial charge in [-0.05, 0) is 23.6 Å². The van der Waals surface area contributed by atoms with Gasteiger partial charge in [-0.3, -0.25) is 4.99 Å². The molecule has 0 heterocycles. The van der Waals surface area contributed by atoms with Crippen molar-refractivity contribution in [1.82, 2.24) is 10.6 Å². The monoisotopic (exact) mass is 325 g/mol. The summed E-state index contributed by atoms with van der Waals surface area (Å²) in [6.45, 7) is 3.83. The first-order valence-corrected chi connectivity index (χ1v) is 8.36. The lowest BCUT2D eigenvalue weighted by Crippen LogP contribution is -2.39. The molecule has 1 atom stereocenters. The van der Waals surface area contributed by atoms with Gasteiger partial charge in [0.2, 0.25) is 0 Å². The fourth-order valence-electron chi connectivity index (χ4n) is 2.62. The molecule has 4 heteroatoms. The molecule has 0 spiro atoms. The first-order chi connectivity index (χ1) is 11.7. The van der Waals surface area contributed by atoms with Gasteiger partial charge in [0, 0.05) is 26.1 Å². The van der Waals surface area contributed by atoms with E-state index in [2.05, 4.69) is 52.9 Å². The molecule has 24 heavy (non-hydrogen) atoms. The van der Waals surface area contributed by atoms with Gasteiger partial charge in [0.1, 0.15) is 5.75 Å². The van der Waals surface area contributed by atoms with E-state index in [1.165, 1.54) is 11.1 Å². The lowest BCUT2D eigenvalue weighted by Gasteiger charge is -2.18.